The number of carbonyl (C=O) groups is 1. The summed E-state index contributed by atoms with van der Waals surface area (Å²) in [5.41, 5.74) is 2.18. The van der Waals surface area contributed by atoms with Crippen molar-refractivity contribution in [3.8, 4) is 0 Å². The molecule has 2 rings (SSSR count). The number of hydrogen-bond donors (Lipinski definition) is 0. The third-order valence-corrected chi connectivity index (χ3v) is 3.85. The molecule has 1 aliphatic heterocycles. The van der Waals surface area contributed by atoms with Crippen molar-refractivity contribution in [2.75, 3.05) is 0 Å². The van der Waals surface area contributed by atoms with Crippen LogP contribution in [-0.4, -0.2) is 32.4 Å². The Bertz CT molecular complexity index is 542. The van der Waals surface area contributed by atoms with Gasteiger partial charge in [-0.25, -0.2) is 19.3 Å². The molecule has 5 heteroatoms. The Kier molecular flexibility index (Phi) is 4.18. The number of hydrogen-bond acceptors (Lipinski definition) is 3. The molecule has 0 saturated carbocycles. The molecule has 20 heavy (non-hydrogen) atoms. The molecule has 1 aromatic rings. The van der Waals surface area contributed by atoms with Crippen LogP contribution in [0.1, 0.15) is 47.0 Å². The van der Waals surface area contributed by atoms with Gasteiger partial charge in [0.15, 0.2) is 0 Å². The average molecular weight is 275 g/mol. The maximum Gasteiger partial charge on any atom is 0.439 e. The number of allylic oxidation sites excluding steroid dienone is 2. The number of rotatable bonds is 4. The number of aliphatic imine (C=N–C) groups is 1. The van der Waals surface area contributed by atoms with Gasteiger partial charge in [-0.3, -0.25) is 0 Å². The summed E-state index contributed by atoms with van der Waals surface area (Å²) in [6.07, 6.45) is 9.47. The van der Waals surface area contributed by atoms with Gasteiger partial charge in [-0.05, 0) is 20.3 Å². The summed E-state index contributed by atoms with van der Waals surface area (Å²) in [6.45, 7) is 8.35. The maximum absolute atomic E-state index is 13.0. The van der Waals surface area contributed by atoms with Crippen molar-refractivity contribution in [3.63, 3.8) is 0 Å². The van der Waals surface area contributed by atoms with Gasteiger partial charge in [0, 0.05) is 18.8 Å². The normalized spacial score (nSPS) is 22.1. The second kappa shape index (κ2) is 5.71. The number of carbonyl (C=O) groups excluding carboxylic acids is 1. The first-order chi connectivity index (χ1) is 9.57. The SMILES string of the molecule is CCCC1=C(CC)[N+](C(=O)n2ccnc2)(C(C)C)C=N1. The Morgan fingerprint density at radius 3 is 2.65 bits per heavy atom. The zero-order chi connectivity index (χ0) is 14.8. The molecule has 1 aromatic heterocycles. The van der Waals surface area contributed by atoms with Crippen LogP contribution < -0.4 is 0 Å². The van der Waals surface area contributed by atoms with Crippen LogP contribution in [0.25, 0.3) is 0 Å². The number of amides is 1. The first kappa shape index (κ1) is 14.7. The first-order valence-electron chi connectivity index (χ1n) is 7.27. The van der Waals surface area contributed by atoms with Crippen molar-refractivity contribution in [1.82, 2.24) is 9.55 Å². The fraction of sp³-hybridized carbons (Fsp3) is 0.533. The van der Waals surface area contributed by atoms with E-state index in [0.29, 0.717) is 0 Å². The van der Waals surface area contributed by atoms with Crippen LogP contribution >= 0.6 is 0 Å². The van der Waals surface area contributed by atoms with E-state index in [-0.39, 0.29) is 16.6 Å². The molecule has 5 nitrogen and oxygen atoms in total. The minimum Gasteiger partial charge on any atom is -0.245 e. The lowest BCUT2D eigenvalue weighted by molar-refractivity contribution is -0.734. The third kappa shape index (κ3) is 2.12. The Hall–Kier alpha value is -1.75. The molecule has 0 radical (unpaired) electrons. The summed E-state index contributed by atoms with van der Waals surface area (Å²) in [5, 5.41) is 0. The van der Waals surface area contributed by atoms with Gasteiger partial charge in [-0.15, -0.1) is 0 Å². The molecule has 1 aliphatic rings. The van der Waals surface area contributed by atoms with Crippen molar-refractivity contribution in [3.05, 3.63) is 30.1 Å². The Morgan fingerprint density at radius 2 is 2.15 bits per heavy atom. The fourth-order valence-corrected chi connectivity index (χ4v) is 2.82. The molecule has 0 aromatic carbocycles. The van der Waals surface area contributed by atoms with Gasteiger partial charge in [0.2, 0.25) is 6.34 Å². The van der Waals surface area contributed by atoms with Gasteiger partial charge in [0.1, 0.15) is 23.8 Å². The van der Waals surface area contributed by atoms with Crippen LogP contribution in [-0.2, 0) is 0 Å². The molecular weight excluding hydrogens is 252 g/mol. The van der Waals surface area contributed by atoms with Crippen molar-refractivity contribution in [2.24, 2.45) is 4.99 Å². The lowest BCUT2D eigenvalue weighted by atomic mass is 10.1. The molecule has 0 aliphatic carbocycles. The fourth-order valence-electron chi connectivity index (χ4n) is 2.82. The second-order valence-electron chi connectivity index (χ2n) is 5.37. The predicted molar refractivity (Wildman–Crippen MR) is 79.1 cm³/mol. The highest BCUT2D eigenvalue weighted by molar-refractivity contribution is 5.81. The van der Waals surface area contributed by atoms with Gasteiger partial charge >= 0.3 is 6.03 Å². The third-order valence-electron chi connectivity index (χ3n) is 3.85. The van der Waals surface area contributed by atoms with E-state index in [1.54, 1.807) is 29.6 Å². The Balaban J connectivity index is 2.52. The lowest BCUT2D eigenvalue weighted by Gasteiger charge is -2.33. The van der Waals surface area contributed by atoms with Crippen molar-refractivity contribution in [1.29, 1.82) is 0 Å². The molecule has 1 atom stereocenters. The molecule has 108 valence electrons. The zero-order valence-electron chi connectivity index (χ0n) is 12.7. The lowest BCUT2D eigenvalue weighted by Crippen LogP contribution is -2.55. The van der Waals surface area contributed by atoms with Crippen LogP contribution in [0, 0.1) is 0 Å². The van der Waals surface area contributed by atoms with Crippen LogP contribution in [0.4, 0.5) is 4.79 Å². The number of quaternary nitrogens is 1. The van der Waals surface area contributed by atoms with Crippen molar-refractivity contribution < 1.29 is 9.28 Å². The van der Waals surface area contributed by atoms with Gasteiger partial charge in [0.25, 0.3) is 0 Å². The number of aromatic nitrogens is 2. The zero-order valence-corrected chi connectivity index (χ0v) is 12.7. The van der Waals surface area contributed by atoms with Gasteiger partial charge in [-0.1, -0.05) is 20.3 Å². The minimum absolute atomic E-state index is 0.01000. The first-order valence-corrected chi connectivity index (χ1v) is 7.27. The average Bonchev–Trinajstić information content (AvgIpc) is 3.06. The summed E-state index contributed by atoms with van der Waals surface area (Å²) in [7, 11) is 0. The summed E-state index contributed by atoms with van der Waals surface area (Å²) < 4.78 is 1.73. The van der Waals surface area contributed by atoms with E-state index < -0.39 is 0 Å². The second-order valence-corrected chi connectivity index (χ2v) is 5.37. The molecule has 0 bridgehead atoms. The van der Waals surface area contributed by atoms with E-state index >= 15 is 0 Å². The van der Waals surface area contributed by atoms with E-state index in [1.165, 1.54) is 0 Å². The highest BCUT2D eigenvalue weighted by atomic mass is 16.2. The Labute approximate surface area is 120 Å². The summed E-state index contributed by atoms with van der Waals surface area (Å²) in [6, 6.07) is 0.0992. The van der Waals surface area contributed by atoms with E-state index in [9.17, 15) is 4.79 Å². The smallest absolute Gasteiger partial charge is 0.245 e. The summed E-state index contributed by atoms with van der Waals surface area (Å²) in [5.74, 6) is 0. The molecule has 1 amide bonds. The van der Waals surface area contributed by atoms with Crippen LogP contribution in [0.3, 0.4) is 0 Å². The predicted octanol–water partition coefficient (Wildman–Crippen LogP) is 3.54. The van der Waals surface area contributed by atoms with Crippen molar-refractivity contribution >= 4 is 12.4 Å². The van der Waals surface area contributed by atoms with E-state index in [1.807, 2.05) is 0 Å². The van der Waals surface area contributed by atoms with Gasteiger partial charge in [0.05, 0.1) is 0 Å². The summed E-state index contributed by atoms with van der Waals surface area (Å²) in [4.78, 5) is 21.5. The Morgan fingerprint density at radius 1 is 1.40 bits per heavy atom. The van der Waals surface area contributed by atoms with E-state index in [0.717, 1.165) is 30.7 Å². The van der Waals surface area contributed by atoms with Gasteiger partial charge < -0.3 is 0 Å². The highest BCUT2D eigenvalue weighted by Crippen LogP contribution is 2.34. The van der Waals surface area contributed by atoms with Crippen LogP contribution in [0.2, 0.25) is 0 Å². The maximum atomic E-state index is 13.0. The quantitative estimate of drug-likeness (QED) is 0.789. The molecular formula is C15H23N4O+. The van der Waals surface area contributed by atoms with Crippen LogP contribution in [0.15, 0.2) is 35.1 Å². The standard InChI is InChI=1S/C15H23N4O/c1-5-7-13-14(6-2)19(11-17-13,12(3)4)15(20)18-9-8-16-10-18/h8-12H,5-7H2,1-4H3/q+1. The molecule has 0 N–H and O–H groups in total. The molecule has 2 heterocycles. The monoisotopic (exact) mass is 275 g/mol. The molecule has 0 spiro atoms. The number of imidazole rings is 1. The summed E-state index contributed by atoms with van der Waals surface area (Å²) >= 11 is 0. The van der Waals surface area contributed by atoms with Crippen LogP contribution in [0.5, 0.6) is 0 Å². The molecule has 0 saturated heterocycles. The topological polar surface area (TPSA) is 47.2 Å². The number of nitrogens with zero attached hydrogens (tertiary/aromatic N) is 4. The largest absolute Gasteiger partial charge is 0.439 e. The molecule has 0 fully saturated rings. The van der Waals surface area contributed by atoms with E-state index in [4.69, 9.17) is 0 Å². The molecule has 1 unspecified atom stereocenters. The minimum atomic E-state index is -0.01000. The highest BCUT2D eigenvalue weighted by Gasteiger charge is 2.48. The van der Waals surface area contributed by atoms with E-state index in [2.05, 4.69) is 37.7 Å². The van der Waals surface area contributed by atoms with Crippen molar-refractivity contribution in [2.45, 2.75) is 53.0 Å². The van der Waals surface area contributed by atoms with Gasteiger partial charge in [-0.2, -0.15) is 4.48 Å².